The first-order chi connectivity index (χ1) is 7.65. The van der Waals surface area contributed by atoms with Crippen LogP contribution < -0.4 is 5.73 Å². The number of rotatable bonds is 3. The highest BCUT2D eigenvalue weighted by atomic mass is 35.5. The van der Waals surface area contributed by atoms with Gasteiger partial charge in [-0.3, -0.25) is 0 Å². The van der Waals surface area contributed by atoms with Crippen molar-refractivity contribution >= 4 is 28.1 Å². The van der Waals surface area contributed by atoms with Crippen LogP contribution in [-0.4, -0.2) is 10.2 Å². The van der Waals surface area contributed by atoms with Crippen LogP contribution in [0.5, 0.6) is 0 Å². The highest BCUT2D eigenvalue weighted by Gasteiger charge is 2.03. The number of aryl methyl sites for hydroxylation is 3. The predicted octanol–water partition coefficient (Wildman–Crippen LogP) is 2.87. The van der Waals surface area contributed by atoms with Crippen molar-refractivity contribution in [2.24, 2.45) is 0 Å². The average molecular weight is 254 g/mol. The Hall–Kier alpha value is -1.13. The van der Waals surface area contributed by atoms with Gasteiger partial charge in [-0.15, -0.1) is 10.2 Å². The van der Waals surface area contributed by atoms with Crippen LogP contribution in [0.3, 0.4) is 0 Å². The summed E-state index contributed by atoms with van der Waals surface area (Å²) in [6.45, 7) is 2.01. The largest absolute Gasteiger partial charge is 0.374 e. The van der Waals surface area contributed by atoms with Crippen LogP contribution in [0.25, 0.3) is 0 Å². The van der Waals surface area contributed by atoms with E-state index in [1.165, 1.54) is 16.9 Å². The number of anilines is 1. The molecule has 0 atom stereocenters. The van der Waals surface area contributed by atoms with Crippen LogP contribution in [0.15, 0.2) is 18.2 Å². The molecule has 2 N–H and O–H groups in total. The van der Waals surface area contributed by atoms with Crippen LogP contribution in [0.4, 0.5) is 5.13 Å². The van der Waals surface area contributed by atoms with Crippen LogP contribution >= 0.6 is 22.9 Å². The molecule has 0 aliphatic rings. The summed E-state index contributed by atoms with van der Waals surface area (Å²) in [5.74, 6) is 0. The lowest BCUT2D eigenvalue weighted by Crippen LogP contribution is -1.91. The van der Waals surface area contributed by atoms with Gasteiger partial charge in [-0.2, -0.15) is 0 Å². The monoisotopic (exact) mass is 253 g/mol. The fourth-order valence-electron chi connectivity index (χ4n) is 1.48. The number of hydrogen-bond donors (Lipinski definition) is 1. The zero-order valence-corrected chi connectivity index (χ0v) is 10.5. The van der Waals surface area contributed by atoms with E-state index in [0.717, 1.165) is 28.4 Å². The van der Waals surface area contributed by atoms with Crippen LogP contribution in [-0.2, 0) is 12.8 Å². The molecule has 0 radical (unpaired) electrons. The maximum absolute atomic E-state index is 5.96. The first kappa shape index (κ1) is 11.4. The van der Waals surface area contributed by atoms with Gasteiger partial charge >= 0.3 is 0 Å². The van der Waals surface area contributed by atoms with Crippen LogP contribution in [0.2, 0.25) is 5.02 Å². The smallest absolute Gasteiger partial charge is 0.203 e. The zero-order chi connectivity index (χ0) is 11.5. The Morgan fingerprint density at radius 1 is 1.31 bits per heavy atom. The maximum atomic E-state index is 5.96. The van der Waals surface area contributed by atoms with Crippen LogP contribution in [0, 0.1) is 6.92 Å². The summed E-state index contributed by atoms with van der Waals surface area (Å²) in [5, 5.41) is 10.1. The second-order valence-corrected chi connectivity index (χ2v) is 5.12. The Kier molecular flexibility index (Phi) is 3.41. The van der Waals surface area contributed by atoms with E-state index < -0.39 is 0 Å². The lowest BCUT2D eigenvalue weighted by Gasteiger charge is -2.02. The minimum atomic E-state index is 0.530. The van der Waals surface area contributed by atoms with Gasteiger partial charge in [-0.1, -0.05) is 35.1 Å². The van der Waals surface area contributed by atoms with Crippen molar-refractivity contribution in [2.75, 3.05) is 5.73 Å². The van der Waals surface area contributed by atoms with E-state index in [0.29, 0.717) is 5.13 Å². The number of aromatic nitrogens is 2. The molecule has 5 heteroatoms. The van der Waals surface area contributed by atoms with E-state index in [-0.39, 0.29) is 0 Å². The molecular weight excluding hydrogens is 242 g/mol. The SMILES string of the molecule is Cc1cc(CCc2nnc(N)s2)ccc1Cl. The molecule has 16 heavy (non-hydrogen) atoms. The van der Waals surface area contributed by atoms with Crippen molar-refractivity contribution in [1.82, 2.24) is 10.2 Å². The number of nitrogens with two attached hydrogens (primary N) is 1. The van der Waals surface area contributed by atoms with Gasteiger partial charge in [0.05, 0.1) is 0 Å². The Morgan fingerprint density at radius 3 is 2.75 bits per heavy atom. The summed E-state index contributed by atoms with van der Waals surface area (Å²) in [6, 6.07) is 6.08. The summed E-state index contributed by atoms with van der Waals surface area (Å²) >= 11 is 7.41. The first-order valence-electron chi connectivity index (χ1n) is 4.98. The number of nitrogen functional groups attached to an aromatic ring is 1. The van der Waals surface area contributed by atoms with E-state index in [1.807, 2.05) is 19.1 Å². The summed E-state index contributed by atoms with van der Waals surface area (Å²) in [6.07, 6.45) is 1.81. The molecule has 0 amide bonds. The van der Waals surface area contributed by atoms with Gasteiger partial charge in [0, 0.05) is 11.4 Å². The fourth-order valence-corrected chi connectivity index (χ4v) is 2.21. The van der Waals surface area contributed by atoms with Gasteiger partial charge in [0.15, 0.2) is 0 Å². The van der Waals surface area contributed by atoms with E-state index in [9.17, 15) is 0 Å². The molecule has 1 aromatic carbocycles. The summed E-state index contributed by atoms with van der Waals surface area (Å²) in [5.41, 5.74) is 7.89. The molecule has 0 aliphatic heterocycles. The van der Waals surface area contributed by atoms with Crippen molar-refractivity contribution < 1.29 is 0 Å². The maximum Gasteiger partial charge on any atom is 0.203 e. The minimum absolute atomic E-state index is 0.530. The lowest BCUT2D eigenvalue weighted by atomic mass is 10.1. The molecule has 84 valence electrons. The van der Waals surface area contributed by atoms with Gasteiger partial charge in [-0.25, -0.2) is 0 Å². The van der Waals surface area contributed by atoms with Crippen molar-refractivity contribution in [3.05, 3.63) is 39.4 Å². The number of hydrogen-bond acceptors (Lipinski definition) is 4. The molecule has 1 aromatic heterocycles. The quantitative estimate of drug-likeness (QED) is 0.915. The average Bonchev–Trinajstić information content (AvgIpc) is 2.66. The van der Waals surface area contributed by atoms with Gasteiger partial charge in [0.25, 0.3) is 0 Å². The standard InChI is InChI=1S/C11H12ClN3S/c1-7-6-8(2-4-9(7)12)3-5-10-14-15-11(13)16-10/h2,4,6H,3,5H2,1H3,(H2,13,15). The van der Waals surface area contributed by atoms with E-state index >= 15 is 0 Å². The van der Waals surface area contributed by atoms with Crippen molar-refractivity contribution in [1.29, 1.82) is 0 Å². The Morgan fingerprint density at radius 2 is 2.12 bits per heavy atom. The third kappa shape index (κ3) is 2.71. The molecule has 0 saturated carbocycles. The zero-order valence-electron chi connectivity index (χ0n) is 8.90. The molecule has 0 fully saturated rings. The second-order valence-electron chi connectivity index (χ2n) is 3.62. The minimum Gasteiger partial charge on any atom is -0.374 e. The third-order valence-corrected chi connectivity index (χ3v) is 3.57. The second kappa shape index (κ2) is 4.80. The normalized spacial score (nSPS) is 10.6. The number of benzene rings is 1. The van der Waals surface area contributed by atoms with Gasteiger partial charge in [-0.05, 0) is 30.5 Å². The summed E-state index contributed by atoms with van der Waals surface area (Å²) in [7, 11) is 0. The molecule has 0 saturated heterocycles. The number of nitrogens with zero attached hydrogens (tertiary/aromatic N) is 2. The third-order valence-electron chi connectivity index (χ3n) is 2.33. The molecular formula is C11H12ClN3S. The predicted molar refractivity (Wildman–Crippen MR) is 67.9 cm³/mol. The lowest BCUT2D eigenvalue weighted by molar-refractivity contribution is 0.905. The molecule has 0 spiro atoms. The summed E-state index contributed by atoms with van der Waals surface area (Å²) in [4.78, 5) is 0. The number of halogens is 1. The van der Waals surface area contributed by atoms with E-state index in [1.54, 1.807) is 0 Å². The van der Waals surface area contributed by atoms with Crippen molar-refractivity contribution in [3.8, 4) is 0 Å². The molecule has 1 heterocycles. The van der Waals surface area contributed by atoms with Crippen molar-refractivity contribution in [3.63, 3.8) is 0 Å². The van der Waals surface area contributed by atoms with Gasteiger partial charge in [0.1, 0.15) is 5.01 Å². The van der Waals surface area contributed by atoms with Crippen LogP contribution in [0.1, 0.15) is 16.1 Å². The molecule has 0 aliphatic carbocycles. The van der Waals surface area contributed by atoms with E-state index in [2.05, 4.69) is 16.3 Å². The highest BCUT2D eigenvalue weighted by molar-refractivity contribution is 7.15. The molecule has 2 aromatic rings. The highest BCUT2D eigenvalue weighted by Crippen LogP contribution is 2.18. The van der Waals surface area contributed by atoms with E-state index in [4.69, 9.17) is 17.3 Å². The molecule has 0 bridgehead atoms. The summed E-state index contributed by atoms with van der Waals surface area (Å²) < 4.78 is 0. The fraction of sp³-hybridized carbons (Fsp3) is 0.273. The van der Waals surface area contributed by atoms with Crippen molar-refractivity contribution in [2.45, 2.75) is 19.8 Å². The Labute approximate surface area is 103 Å². The van der Waals surface area contributed by atoms with Gasteiger partial charge < -0.3 is 5.73 Å². The Bertz CT molecular complexity index is 496. The molecule has 2 rings (SSSR count). The molecule has 0 unspecified atom stereocenters. The first-order valence-corrected chi connectivity index (χ1v) is 6.17. The molecule has 3 nitrogen and oxygen atoms in total. The van der Waals surface area contributed by atoms with Gasteiger partial charge in [0.2, 0.25) is 5.13 Å². The Balaban J connectivity index is 2.02. The topological polar surface area (TPSA) is 51.8 Å².